The fourth-order valence-electron chi connectivity index (χ4n) is 3.16. The number of hydrogen-bond donors (Lipinski definition) is 1. The van der Waals surface area contributed by atoms with Gasteiger partial charge in [-0.2, -0.15) is 0 Å². The molecule has 1 heterocycles. The molecule has 0 radical (unpaired) electrons. The monoisotopic (exact) mass is 288 g/mol. The summed E-state index contributed by atoms with van der Waals surface area (Å²) in [6.45, 7) is 2.12. The predicted molar refractivity (Wildman–Crippen MR) is 77.1 cm³/mol. The number of anilines is 1. The van der Waals surface area contributed by atoms with Crippen molar-refractivity contribution < 1.29 is 14.5 Å². The number of non-ortho nitro benzene ring substituents is 1. The van der Waals surface area contributed by atoms with Gasteiger partial charge in [-0.05, 0) is 25.0 Å². The number of allylic oxidation sites excluding steroid dienone is 2. The molecule has 0 spiro atoms. The van der Waals surface area contributed by atoms with E-state index in [-0.39, 0.29) is 23.5 Å². The third-order valence-electron chi connectivity index (χ3n) is 4.10. The Labute approximate surface area is 121 Å². The van der Waals surface area contributed by atoms with Crippen molar-refractivity contribution in [1.82, 2.24) is 0 Å². The molecule has 3 atom stereocenters. The molecule has 1 aromatic rings. The highest BCUT2D eigenvalue weighted by Gasteiger charge is 2.41. The minimum Gasteiger partial charge on any atom is -0.464 e. The van der Waals surface area contributed by atoms with E-state index in [9.17, 15) is 14.9 Å². The Morgan fingerprint density at radius 3 is 3.05 bits per heavy atom. The number of nitrogens with one attached hydrogen (secondary N) is 1. The highest BCUT2D eigenvalue weighted by atomic mass is 16.6. The van der Waals surface area contributed by atoms with Gasteiger partial charge in [-0.25, -0.2) is 4.79 Å². The van der Waals surface area contributed by atoms with E-state index in [1.165, 1.54) is 6.07 Å². The zero-order valence-electron chi connectivity index (χ0n) is 11.6. The summed E-state index contributed by atoms with van der Waals surface area (Å²) in [7, 11) is 0. The Bertz CT molecular complexity index is 626. The maximum atomic E-state index is 12.1. The molecular formula is C15H16N2O4. The molecule has 0 aromatic heterocycles. The summed E-state index contributed by atoms with van der Waals surface area (Å²) in [5.74, 6) is -0.186. The fraction of sp³-hybridized carbons (Fsp3) is 0.400. The Morgan fingerprint density at radius 2 is 2.33 bits per heavy atom. The van der Waals surface area contributed by atoms with Crippen LogP contribution in [0, 0.1) is 16.0 Å². The van der Waals surface area contributed by atoms with E-state index in [4.69, 9.17) is 4.74 Å². The number of esters is 1. The second kappa shape index (κ2) is 5.20. The molecule has 21 heavy (non-hydrogen) atoms. The molecule has 6 heteroatoms. The molecule has 3 rings (SSSR count). The molecule has 1 aliphatic carbocycles. The lowest BCUT2D eigenvalue weighted by atomic mass is 9.79. The highest BCUT2D eigenvalue weighted by Crippen LogP contribution is 2.45. The van der Waals surface area contributed by atoms with Gasteiger partial charge in [-0.15, -0.1) is 0 Å². The Kier molecular flexibility index (Phi) is 3.37. The van der Waals surface area contributed by atoms with Gasteiger partial charge in [0, 0.05) is 29.7 Å². The number of nitro benzene ring substituents is 1. The molecule has 1 aromatic carbocycles. The average Bonchev–Trinajstić information content (AvgIpc) is 2.95. The lowest BCUT2D eigenvalue weighted by Gasteiger charge is -2.35. The van der Waals surface area contributed by atoms with Crippen molar-refractivity contribution in [1.29, 1.82) is 0 Å². The predicted octanol–water partition coefficient (Wildman–Crippen LogP) is 2.61. The van der Waals surface area contributed by atoms with Crippen molar-refractivity contribution >= 4 is 17.3 Å². The van der Waals surface area contributed by atoms with Crippen LogP contribution >= 0.6 is 0 Å². The van der Waals surface area contributed by atoms with Gasteiger partial charge in [-0.1, -0.05) is 12.2 Å². The van der Waals surface area contributed by atoms with Crippen LogP contribution in [0.2, 0.25) is 0 Å². The van der Waals surface area contributed by atoms with Crippen LogP contribution in [0.3, 0.4) is 0 Å². The molecule has 0 bridgehead atoms. The van der Waals surface area contributed by atoms with Crippen molar-refractivity contribution in [3.05, 3.63) is 46.0 Å². The van der Waals surface area contributed by atoms with Gasteiger partial charge in [0.2, 0.25) is 0 Å². The summed E-state index contributed by atoms with van der Waals surface area (Å²) in [6.07, 6.45) is 4.82. The van der Waals surface area contributed by atoms with Crippen LogP contribution in [-0.4, -0.2) is 23.5 Å². The topological polar surface area (TPSA) is 81.5 Å². The number of fused-ring (bicyclic) bond motifs is 3. The van der Waals surface area contributed by atoms with Crippen LogP contribution in [0.4, 0.5) is 11.4 Å². The van der Waals surface area contributed by atoms with Crippen molar-refractivity contribution in [3.63, 3.8) is 0 Å². The molecule has 1 aliphatic heterocycles. The van der Waals surface area contributed by atoms with Crippen LogP contribution in [0.5, 0.6) is 0 Å². The summed E-state index contributed by atoms with van der Waals surface area (Å²) < 4.78 is 5.13. The molecule has 1 N–H and O–H groups in total. The van der Waals surface area contributed by atoms with E-state index in [1.54, 1.807) is 19.1 Å². The van der Waals surface area contributed by atoms with Gasteiger partial charge in [0.15, 0.2) is 0 Å². The van der Waals surface area contributed by atoms with E-state index in [1.807, 2.05) is 12.2 Å². The van der Waals surface area contributed by atoms with E-state index in [0.717, 1.165) is 17.7 Å². The van der Waals surface area contributed by atoms with Gasteiger partial charge in [0.25, 0.3) is 5.69 Å². The summed E-state index contributed by atoms with van der Waals surface area (Å²) in [6, 6.07) is 4.31. The summed E-state index contributed by atoms with van der Waals surface area (Å²) in [4.78, 5) is 22.6. The molecular weight excluding hydrogens is 272 g/mol. The first-order chi connectivity index (χ1) is 10.1. The summed E-state index contributed by atoms with van der Waals surface area (Å²) >= 11 is 0. The number of nitro groups is 1. The minimum atomic E-state index is -0.404. The Morgan fingerprint density at radius 1 is 1.52 bits per heavy atom. The first kappa shape index (κ1) is 13.6. The second-order valence-electron chi connectivity index (χ2n) is 5.26. The molecule has 0 amide bonds. The van der Waals surface area contributed by atoms with E-state index in [2.05, 4.69) is 5.32 Å². The van der Waals surface area contributed by atoms with Crippen LogP contribution < -0.4 is 5.32 Å². The van der Waals surface area contributed by atoms with Crippen molar-refractivity contribution in [3.8, 4) is 0 Å². The third-order valence-corrected chi connectivity index (χ3v) is 4.10. The van der Waals surface area contributed by atoms with Crippen LogP contribution in [0.15, 0.2) is 30.4 Å². The number of carbonyl (C=O) groups is 1. The van der Waals surface area contributed by atoms with Crippen LogP contribution in [0.25, 0.3) is 0 Å². The molecule has 0 unspecified atom stereocenters. The number of nitrogens with zero attached hydrogens (tertiary/aromatic N) is 1. The molecule has 0 fully saturated rings. The van der Waals surface area contributed by atoms with Gasteiger partial charge in [-0.3, -0.25) is 10.1 Å². The zero-order valence-corrected chi connectivity index (χ0v) is 11.6. The van der Waals surface area contributed by atoms with E-state index in [0.29, 0.717) is 6.61 Å². The Hall–Kier alpha value is -2.37. The normalized spacial score (nSPS) is 25.7. The van der Waals surface area contributed by atoms with Gasteiger partial charge >= 0.3 is 5.97 Å². The molecule has 0 saturated heterocycles. The smallest absolute Gasteiger partial charge is 0.328 e. The van der Waals surface area contributed by atoms with Gasteiger partial charge < -0.3 is 10.1 Å². The highest BCUT2D eigenvalue weighted by molar-refractivity contribution is 5.82. The quantitative estimate of drug-likeness (QED) is 0.400. The molecule has 6 nitrogen and oxygen atoms in total. The van der Waals surface area contributed by atoms with E-state index >= 15 is 0 Å². The van der Waals surface area contributed by atoms with Crippen molar-refractivity contribution in [2.45, 2.75) is 25.3 Å². The first-order valence-corrected chi connectivity index (χ1v) is 7.00. The molecule has 0 saturated carbocycles. The average molecular weight is 288 g/mol. The van der Waals surface area contributed by atoms with Crippen molar-refractivity contribution in [2.75, 3.05) is 11.9 Å². The lowest BCUT2D eigenvalue weighted by Crippen LogP contribution is -2.42. The summed E-state index contributed by atoms with van der Waals surface area (Å²) in [5.41, 5.74) is 1.72. The molecule has 110 valence electrons. The maximum absolute atomic E-state index is 12.1. The maximum Gasteiger partial charge on any atom is 0.328 e. The first-order valence-electron chi connectivity index (χ1n) is 7.00. The van der Waals surface area contributed by atoms with E-state index < -0.39 is 11.0 Å². The second-order valence-corrected chi connectivity index (χ2v) is 5.26. The van der Waals surface area contributed by atoms with Crippen LogP contribution in [0.1, 0.15) is 24.8 Å². The SMILES string of the molecule is CCOC(=O)[C@@H]1Nc2ccc([N+](=O)[O-])cc2[C@H]2C=CC[C@H]21. The standard InChI is InChI=1S/C15H16N2O4/c1-2-21-15(18)14-11-5-3-4-10(11)12-8-9(17(19)20)6-7-13(12)16-14/h3-4,6-8,10-11,14,16H,2,5H2,1H3/t10-,11+,14+/m0/s1. The number of rotatable bonds is 3. The van der Waals surface area contributed by atoms with Crippen LogP contribution in [-0.2, 0) is 9.53 Å². The third kappa shape index (κ3) is 2.26. The number of carbonyl (C=O) groups excluding carboxylic acids is 1. The minimum absolute atomic E-state index is 0.0237. The van der Waals surface area contributed by atoms with Crippen molar-refractivity contribution in [2.24, 2.45) is 5.92 Å². The largest absolute Gasteiger partial charge is 0.464 e. The summed E-state index contributed by atoms with van der Waals surface area (Å²) in [5, 5.41) is 14.1. The number of ether oxygens (including phenoxy) is 1. The zero-order chi connectivity index (χ0) is 15.0. The Balaban J connectivity index is 1.98. The number of hydrogen-bond acceptors (Lipinski definition) is 5. The lowest BCUT2D eigenvalue weighted by molar-refractivity contribution is -0.384. The molecule has 2 aliphatic rings. The number of benzene rings is 1. The van der Waals surface area contributed by atoms with Gasteiger partial charge in [0.05, 0.1) is 11.5 Å². The fourth-order valence-corrected chi connectivity index (χ4v) is 3.16. The van der Waals surface area contributed by atoms with Gasteiger partial charge in [0.1, 0.15) is 6.04 Å².